The monoisotopic (exact) mass is 261 g/mol. The van der Waals surface area contributed by atoms with E-state index in [-0.39, 0.29) is 0 Å². The lowest BCUT2D eigenvalue weighted by Gasteiger charge is -1.93. The number of fused-ring (bicyclic) bond motifs is 1. The molecule has 0 fully saturated rings. The van der Waals surface area contributed by atoms with Gasteiger partial charge in [0.15, 0.2) is 5.15 Å². The molecule has 3 nitrogen and oxygen atoms in total. The molecular formula is C12H8ClN3S. The number of pyridine rings is 1. The number of rotatable bonds is 1. The molecule has 0 saturated carbocycles. The third-order valence-corrected chi connectivity index (χ3v) is 3.97. The van der Waals surface area contributed by atoms with E-state index in [1.54, 1.807) is 23.7 Å². The minimum absolute atomic E-state index is 0.526. The fourth-order valence-electron chi connectivity index (χ4n) is 1.66. The number of thiophene rings is 1. The molecule has 3 heterocycles. The van der Waals surface area contributed by atoms with Gasteiger partial charge in [0.25, 0.3) is 0 Å². The van der Waals surface area contributed by atoms with E-state index in [4.69, 9.17) is 11.6 Å². The first-order chi connectivity index (χ1) is 8.24. The largest absolute Gasteiger partial charge is 0.265 e. The maximum absolute atomic E-state index is 6.11. The second-order valence-corrected chi connectivity index (χ2v) is 5.03. The molecule has 0 saturated heterocycles. The zero-order valence-electron chi connectivity index (χ0n) is 9.01. The second-order valence-electron chi connectivity index (χ2n) is 3.62. The fourth-order valence-corrected chi connectivity index (χ4v) is 2.98. The summed E-state index contributed by atoms with van der Waals surface area (Å²) in [6.07, 6.45) is 3.55. The Morgan fingerprint density at radius 2 is 1.94 bits per heavy atom. The van der Waals surface area contributed by atoms with Crippen LogP contribution in [0.2, 0.25) is 5.15 Å². The SMILES string of the molecule is Cc1nc(Cl)c2sc(-c3ccncc3)cc2n1. The number of aromatic nitrogens is 3. The Labute approximate surface area is 107 Å². The van der Waals surface area contributed by atoms with Gasteiger partial charge in [0, 0.05) is 17.3 Å². The number of hydrogen-bond donors (Lipinski definition) is 0. The van der Waals surface area contributed by atoms with E-state index < -0.39 is 0 Å². The highest BCUT2D eigenvalue weighted by atomic mass is 35.5. The molecule has 3 rings (SSSR count). The van der Waals surface area contributed by atoms with E-state index in [9.17, 15) is 0 Å². The van der Waals surface area contributed by atoms with Crippen molar-refractivity contribution < 1.29 is 0 Å². The summed E-state index contributed by atoms with van der Waals surface area (Å²) in [6.45, 7) is 1.84. The van der Waals surface area contributed by atoms with Crippen LogP contribution in [0.3, 0.4) is 0 Å². The molecule has 0 aliphatic rings. The van der Waals surface area contributed by atoms with Crippen molar-refractivity contribution in [1.82, 2.24) is 15.0 Å². The molecule has 3 aromatic rings. The molecule has 0 aliphatic heterocycles. The van der Waals surface area contributed by atoms with Crippen LogP contribution in [0.5, 0.6) is 0 Å². The second kappa shape index (κ2) is 4.05. The van der Waals surface area contributed by atoms with Gasteiger partial charge in [0.1, 0.15) is 5.82 Å². The minimum Gasteiger partial charge on any atom is -0.265 e. The van der Waals surface area contributed by atoms with Crippen molar-refractivity contribution in [2.75, 3.05) is 0 Å². The average Bonchev–Trinajstić information content (AvgIpc) is 2.74. The summed E-state index contributed by atoms with van der Waals surface area (Å²) in [7, 11) is 0. The highest BCUT2D eigenvalue weighted by Crippen LogP contribution is 2.35. The zero-order valence-corrected chi connectivity index (χ0v) is 10.6. The van der Waals surface area contributed by atoms with Crippen molar-refractivity contribution in [2.45, 2.75) is 6.92 Å². The third-order valence-electron chi connectivity index (χ3n) is 2.41. The molecule has 0 unspecified atom stereocenters. The van der Waals surface area contributed by atoms with Gasteiger partial charge in [-0.15, -0.1) is 11.3 Å². The maximum atomic E-state index is 6.11. The molecule has 0 aliphatic carbocycles. The number of halogens is 1. The van der Waals surface area contributed by atoms with Gasteiger partial charge in [-0.25, -0.2) is 9.97 Å². The van der Waals surface area contributed by atoms with Crippen LogP contribution in [0.1, 0.15) is 5.82 Å². The van der Waals surface area contributed by atoms with E-state index >= 15 is 0 Å². The Morgan fingerprint density at radius 3 is 2.71 bits per heavy atom. The molecule has 0 spiro atoms. The number of hydrogen-bond acceptors (Lipinski definition) is 4. The fraction of sp³-hybridized carbons (Fsp3) is 0.0833. The van der Waals surface area contributed by atoms with Crippen LogP contribution < -0.4 is 0 Å². The summed E-state index contributed by atoms with van der Waals surface area (Å²) < 4.78 is 0.934. The van der Waals surface area contributed by atoms with Crippen LogP contribution >= 0.6 is 22.9 Å². The van der Waals surface area contributed by atoms with Gasteiger partial charge in [0.05, 0.1) is 10.2 Å². The maximum Gasteiger partial charge on any atom is 0.150 e. The minimum atomic E-state index is 0.526. The lowest BCUT2D eigenvalue weighted by atomic mass is 10.2. The van der Waals surface area contributed by atoms with E-state index in [0.717, 1.165) is 20.7 Å². The van der Waals surface area contributed by atoms with Crippen LogP contribution in [0.4, 0.5) is 0 Å². The molecular weight excluding hydrogens is 254 g/mol. The van der Waals surface area contributed by atoms with Crippen molar-refractivity contribution in [2.24, 2.45) is 0 Å². The highest BCUT2D eigenvalue weighted by molar-refractivity contribution is 7.22. The Bertz CT molecular complexity index is 679. The van der Waals surface area contributed by atoms with E-state index in [0.29, 0.717) is 11.0 Å². The molecule has 0 radical (unpaired) electrons. The first kappa shape index (κ1) is 10.6. The topological polar surface area (TPSA) is 38.7 Å². The number of aryl methyl sites for hydroxylation is 1. The molecule has 0 N–H and O–H groups in total. The molecule has 5 heteroatoms. The van der Waals surface area contributed by atoms with Crippen molar-refractivity contribution >= 4 is 33.2 Å². The van der Waals surface area contributed by atoms with Crippen LogP contribution in [-0.4, -0.2) is 15.0 Å². The molecule has 0 atom stereocenters. The molecule has 3 aromatic heterocycles. The first-order valence-corrected chi connectivity index (χ1v) is 6.27. The van der Waals surface area contributed by atoms with Crippen LogP contribution in [0, 0.1) is 6.92 Å². The van der Waals surface area contributed by atoms with E-state index in [2.05, 4.69) is 15.0 Å². The molecule has 84 valence electrons. The normalized spacial score (nSPS) is 10.9. The molecule has 0 bridgehead atoms. The Hall–Kier alpha value is -1.52. The van der Waals surface area contributed by atoms with Gasteiger partial charge < -0.3 is 0 Å². The molecule has 0 aromatic carbocycles. The summed E-state index contributed by atoms with van der Waals surface area (Å²) in [5.41, 5.74) is 2.02. The van der Waals surface area contributed by atoms with E-state index in [1.807, 2.05) is 25.1 Å². The third kappa shape index (κ3) is 1.90. The summed E-state index contributed by atoms with van der Waals surface area (Å²) in [6, 6.07) is 5.98. The standard InChI is InChI=1S/C12H8ClN3S/c1-7-15-9-6-10(8-2-4-14-5-3-8)17-11(9)12(13)16-7/h2-6H,1H3. The van der Waals surface area contributed by atoms with Crippen molar-refractivity contribution in [3.63, 3.8) is 0 Å². The molecule has 17 heavy (non-hydrogen) atoms. The summed E-state index contributed by atoms with van der Waals surface area (Å²) in [5.74, 6) is 0.696. The van der Waals surface area contributed by atoms with E-state index in [1.165, 1.54) is 0 Å². The van der Waals surface area contributed by atoms with Gasteiger partial charge in [-0.3, -0.25) is 4.98 Å². The lowest BCUT2D eigenvalue weighted by molar-refractivity contribution is 1.10. The van der Waals surface area contributed by atoms with Crippen LogP contribution in [0.15, 0.2) is 30.6 Å². The first-order valence-electron chi connectivity index (χ1n) is 5.08. The Balaban J connectivity index is 2.24. The van der Waals surface area contributed by atoms with Gasteiger partial charge >= 0.3 is 0 Å². The summed E-state index contributed by atoms with van der Waals surface area (Å²) in [5, 5.41) is 0.526. The van der Waals surface area contributed by atoms with Gasteiger partial charge in [-0.2, -0.15) is 0 Å². The highest BCUT2D eigenvalue weighted by Gasteiger charge is 2.09. The van der Waals surface area contributed by atoms with Crippen LogP contribution in [-0.2, 0) is 0 Å². The van der Waals surface area contributed by atoms with Gasteiger partial charge in [-0.1, -0.05) is 11.6 Å². The van der Waals surface area contributed by atoms with Crippen molar-refractivity contribution in [3.05, 3.63) is 41.6 Å². The van der Waals surface area contributed by atoms with Gasteiger partial charge in [0.2, 0.25) is 0 Å². The lowest BCUT2D eigenvalue weighted by Crippen LogP contribution is -1.86. The summed E-state index contributed by atoms with van der Waals surface area (Å²) in [4.78, 5) is 13.7. The predicted octanol–water partition coefficient (Wildman–Crippen LogP) is 3.72. The predicted molar refractivity (Wildman–Crippen MR) is 70.4 cm³/mol. The average molecular weight is 262 g/mol. The van der Waals surface area contributed by atoms with Crippen molar-refractivity contribution in [1.29, 1.82) is 0 Å². The van der Waals surface area contributed by atoms with Crippen molar-refractivity contribution in [3.8, 4) is 10.4 Å². The Morgan fingerprint density at radius 1 is 1.18 bits per heavy atom. The van der Waals surface area contributed by atoms with Crippen LogP contribution in [0.25, 0.3) is 20.7 Å². The summed E-state index contributed by atoms with van der Waals surface area (Å²) >= 11 is 7.71. The Kier molecular flexibility index (Phi) is 2.53. The quantitative estimate of drug-likeness (QED) is 0.627. The molecule has 0 amide bonds. The van der Waals surface area contributed by atoms with Gasteiger partial charge in [-0.05, 0) is 30.7 Å². The smallest absolute Gasteiger partial charge is 0.150 e. The zero-order chi connectivity index (χ0) is 11.8. The number of nitrogens with zero attached hydrogens (tertiary/aromatic N) is 3.